The average Bonchev–Trinajstić information content (AvgIpc) is 2.61. The fraction of sp³-hybridized carbons (Fsp3) is 0.263. The normalized spacial score (nSPS) is 10.7. The Morgan fingerprint density at radius 2 is 1.48 bits per heavy atom. The van der Waals surface area contributed by atoms with E-state index in [-0.39, 0.29) is 6.42 Å². The van der Waals surface area contributed by atoms with Crippen molar-refractivity contribution in [1.29, 1.82) is 0 Å². The summed E-state index contributed by atoms with van der Waals surface area (Å²) in [6.07, 6.45) is 3.43. The van der Waals surface area contributed by atoms with Gasteiger partial charge >= 0.3 is 5.97 Å². The molecule has 0 aliphatic heterocycles. The Labute approximate surface area is 152 Å². The van der Waals surface area contributed by atoms with Gasteiger partial charge in [-0.2, -0.15) is 10.2 Å². The van der Waals surface area contributed by atoms with E-state index in [2.05, 4.69) is 15.5 Å². The van der Waals surface area contributed by atoms with E-state index in [4.69, 9.17) is 17.3 Å². The predicted molar refractivity (Wildman–Crippen MR) is 104 cm³/mol. The molecule has 0 aliphatic carbocycles. The van der Waals surface area contributed by atoms with Gasteiger partial charge in [-0.3, -0.25) is 4.79 Å². The summed E-state index contributed by atoms with van der Waals surface area (Å²) in [5, 5.41) is 20.1. The van der Waals surface area contributed by atoms with Crippen LogP contribution >= 0.6 is 12.2 Å². The Bertz CT molecular complexity index is 715. The first-order chi connectivity index (χ1) is 12.1. The minimum absolute atomic E-state index is 0.221. The second-order valence-corrected chi connectivity index (χ2v) is 6.08. The number of hydrogen-bond donors (Lipinski definition) is 2. The lowest BCUT2D eigenvalue weighted by Crippen LogP contribution is -2.08. The van der Waals surface area contributed by atoms with Gasteiger partial charge in [0.25, 0.3) is 0 Å². The Hall–Kier alpha value is -2.60. The maximum Gasteiger partial charge on any atom is 0.303 e. The van der Waals surface area contributed by atoms with Gasteiger partial charge in [0.1, 0.15) is 0 Å². The predicted octanol–water partition coefficient (Wildman–Crippen LogP) is 5.88. The Morgan fingerprint density at radius 3 is 2.12 bits per heavy atom. The molecule has 6 heteroatoms. The Balaban J connectivity index is 1.75. The molecule has 0 bridgehead atoms. The number of hydrogen-bond acceptors (Lipinski definition) is 4. The minimum Gasteiger partial charge on any atom is -0.481 e. The number of aliphatic carboxylic acids is 1. The van der Waals surface area contributed by atoms with Crippen molar-refractivity contribution in [1.82, 2.24) is 0 Å². The van der Waals surface area contributed by atoms with Crippen molar-refractivity contribution in [3.05, 3.63) is 54.6 Å². The molecule has 0 aromatic heterocycles. The van der Waals surface area contributed by atoms with Crippen molar-refractivity contribution in [3.63, 3.8) is 0 Å². The van der Waals surface area contributed by atoms with E-state index in [1.165, 1.54) is 0 Å². The zero-order valence-electron chi connectivity index (χ0n) is 13.9. The van der Waals surface area contributed by atoms with E-state index < -0.39 is 5.97 Å². The number of nitrogens with zero attached hydrogens (tertiary/aromatic N) is 2. The Kier molecular flexibility index (Phi) is 7.72. The number of azo groups is 1. The molecule has 5 nitrogen and oxygen atoms in total. The summed E-state index contributed by atoms with van der Waals surface area (Å²) in [6.45, 7) is 0. The number of benzene rings is 2. The van der Waals surface area contributed by atoms with Crippen LogP contribution in [0.1, 0.15) is 32.1 Å². The molecule has 0 saturated heterocycles. The SMILES string of the molecule is O=C(O)CCCCCC(=S)Nc1ccc(N=Nc2ccccc2)cc1. The lowest BCUT2D eigenvalue weighted by Gasteiger charge is -2.07. The van der Waals surface area contributed by atoms with Crippen LogP contribution in [0.15, 0.2) is 64.8 Å². The molecule has 2 N–H and O–H groups in total. The average molecular weight is 355 g/mol. The molecule has 0 aliphatic rings. The first-order valence-corrected chi connectivity index (χ1v) is 8.63. The van der Waals surface area contributed by atoms with E-state index in [1.54, 1.807) is 0 Å². The molecule has 0 unspecified atom stereocenters. The monoisotopic (exact) mass is 355 g/mol. The van der Waals surface area contributed by atoms with E-state index >= 15 is 0 Å². The molecule has 25 heavy (non-hydrogen) atoms. The van der Waals surface area contributed by atoms with Gasteiger partial charge in [0, 0.05) is 12.1 Å². The van der Waals surface area contributed by atoms with Crippen molar-refractivity contribution in [3.8, 4) is 0 Å². The molecule has 2 aromatic carbocycles. The quantitative estimate of drug-likeness (QED) is 0.335. The highest BCUT2D eigenvalue weighted by atomic mass is 32.1. The molecule has 2 rings (SSSR count). The maximum atomic E-state index is 10.4. The largest absolute Gasteiger partial charge is 0.481 e. The van der Waals surface area contributed by atoms with Gasteiger partial charge < -0.3 is 10.4 Å². The highest BCUT2D eigenvalue weighted by Crippen LogP contribution is 2.20. The zero-order chi connectivity index (χ0) is 17.9. The summed E-state index contributed by atoms with van der Waals surface area (Å²) >= 11 is 5.32. The number of carboxylic acid groups (broad SMARTS) is 1. The van der Waals surface area contributed by atoms with Crippen LogP contribution in [0.4, 0.5) is 17.1 Å². The lowest BCUT2D eigenvalue weighted by molar-refractivity contribution is -0.137. The second kappa shape index (κ2) is 10.3. The third-order valence-electron chi connectivity index (χ3n) is 3.48. The number of carboxylic acids is 1. The molecule has 0 amide bonds. The lowest BCUT2D eigenvalue weighted by atomic mass is 10.1. The van der Waals surface area contributed by atoms with E-state index in [9.17, 15) is 4.79 Å². The highest BCUT2D eigenvalue weighted by molar-refractivity contribution is 7.80. The molecule has 0 atom stereocenters. The molecule has 0 heterocycles. The first kappa shape index (κ1) is 18.7. The van der Waals surface area contributed by atoms with Crippen LogP contribution < -0.4 is 5.32 Å². The zero-order valence-corrected chi connectivity index (χ0v) is 14.7. The number of anilines is 1. The molecule has 0 saturated carbocycles. The van der Waals surface area contributed by atoms with E-state index in [0.29, 0.717) is 6.42 Å². The summed E-state index contributed by atoms with van der Waals surface area (Å²) < 4.78 is 0. The van der Waals surface area contributed by atoms with Gasteiger partial charge in [0.05, 0.1) is 16.4 Å². The van der Waals surface area contributed by atoms with E-state index in [0.717, 1.165) is 41.3 Å². The van der Waals surface area contributed by atoms with Crippen LogP contribution in [0.2, 0.25) is 0 Å². The number of nitrogens with one attached hydrogen (secondary N) is 1. The minimum atomic E-state index is -0.745. The van der Waals surface area contributed by atoms with Gasteiger partial charge in [-0.15, -0.1) is 0 Å². The van der Waals surface area contributed by atoms with Gasteiger partial charge in [0.2, 0.25) is 0 Å². The molecule has 2 aromatic rings. The van der Waals surface area contributed by atoms with Gasteiger partial charge in [-0.05, 0) is 55.7 Å². The molecule has 130 valence electrons. The third kappa shape index (κ3) is 7.67. The van der Waals surface area contributed by atoms with Gasteiger partial charge in [-0.25, -0.2) is 0 Å². The number of unbranched alkanes of at least 4 members (excludes halogenated alkanes) is 2. The van der Waals surface area contributed by atoms with Crippen molar-refractivity contribution < 1.29 is 9.90 Å². The summed E-state index contributed by atoms with van der Waals surface area (Å²) in [6, 6.07) is 17.2. The molecule has 0 fully saturated rings. The molecule has 0 radical (unpaired) electrons. The molecular weight excluding hydrogens is 334 g/mol. The van der Waals surface area contributed by atoms with Crippen LogP contribution in [-0.2, 0) is 4.79 Å². The molecular formula is C19H21N3O2S. The van der Waals surface area contributed by atoms with Crippen LogP contribution in [0, 0.1) is 0 Å². The molecule has 0 spiro atoms. The summed E-state index contributed by atoms with van der Waals surface area (Å²) in [5.74, 6) is -0.745. The third-order valence-corrected chi connectivity index (χ3v) is 3.79. The topological polar surface area (TPSA) is 74.0 Å². The smallest absolute Gasteiger partial charge is 0.303 e. The number of rotatable bonds is 9. The van der Waals surface area contributed by atoms with Crippen LogP contribution in [0.5, 0.6) is 0 Å². The van der Waals surface area contributed by atoms with Gasteiger partial charge in [0.15, 0.2) is 0 Å². The number of thiocarbonyl (C=S) groups is 1. The maximum absolute atomic E-state index is 10.4. The highest BCUT2D eigenvalue weighted by Gasteiger charge is 2.01. The standard InChI is InChI=1S/C19H21N3O2S/c23-19(24)10-6-2-5-9-18(25)20-15-11-13-17(14-12-15)22-21-16-7-3-1-4-8-16/h1,3-4,7-8,11-14H,2,5-6,9-10H2,(H,20,25)(H,23,24). The summed E-state index contributed by atoms with van der Waals surface area (Å²) in [4.78, 5) is 11.2. The van der Waals surface area contributed by atoms with Crippen molar-refractivity contribution in [2.75, 3.05) is 5.32 Å². The van der Waals surface area contributed by atoms with Gasteiger partial charge in [-0.1, -0.05) is 36.8 Å². The number of carbonyl (C=O) groups is 1. The van der Waals surface area contributed by atoms with Crippen molar-refractivity contribution in [2.45, 2.75) is 32.1 Å². The van der Waals surface area contributed by atoms with Crippen molar-refractivity contribution >= 4 is 40.2 Å². The Morgan fingerprint density at radius 1 is 0.880 bits per heavy atom. The second-order valence-electron chi connectivity index (χ2n) is 5.58. The summed E-state index contributed by atoms with van der Waals surface area (Å²) in [5.41, 5.74) is 2.50. The van der Waals surface area contributed by atoms with E-state index in [1.807, 2.05) is 54.6 Å². The fourth-order valence-electron chi connectivity index (χ4n) is 2.18. The first-order valence-electron chi connectivity index (χ1n) is 8.22. The summed E-state index contributed by atoms with van der Waals surface area (Å²) in [7, 11) is 0. The van der Waals surface area contributed by atoms with Crippen LogP contribution in [-0.4, -0.2) is 16.1 Å². The van der Waals surface area contributed by atoms with Crippen molar-refractivity contribution in [2.24, 2.45) is 10.2 Å². The van der Waals surface area contributed by atoms with Crippen LogP contribution in [0.3, 0.4) is 0 Å². The van der Waals surface area contributed by atoms with Crippen LogP contribution in [0.25, 0.3) is 0 Å². The fourth-order valence-corrected chi connectivity index (χ4v) is 2.45.